The molecule has 1 atom stereocenters. The van der Waals surface area contributed by atoms with Crippen molar-refractivity contribution in [2.45, 2.75) is 25.7 Å². The van der Waals surface area contributed by atoms with Crippen LogP contribution >= 0.6 is 0 Å². The van der Waals surface area contributed by atoms with Gasteiger partial charge in [0.15, 0.2) is 0 Å². The third-order valence-electron chi connectivity index (χ3n) is 3.13. The predicted molar refractivity (Wildman–Crippen MR) is 66.0 cm³/mol. The molecule has 18 heavy (non-hydrogen) atoms. The van der Waals surface area contributed by atoms with Crippen LogP contribution in [-0.4, -0.2) is 24.1 Å². The lowest BCUT2D eigenvalue weighted by Crippen LogP contribution is -2.25. The number of anilines is 1. The molecule has 0 aromatic heterocycles. The van der Waals surface area contributed by atoms with Crippen LogP contribution in [0, 0.1) is 6.92 Å². The lowest BCUT2D eigenvalue weighted by atomic mass is 9.86. The zero-order chi connectivity index (χ0) is 13.3. The molecule has 96 valence electrons. The number of rotatable bonds is 3. The Kier molecular flexibility index (Phi) is 3.23. The number of carboxylic acid groups (broad SMARTS) is 1. The van der Waals surface area contributed by atoms with Gasteiger partial charge in [0.25, 0.3) is 0 Å². The molecule has 2 N–H and O–H groups in total. The Bertz CT molecular complexity index is 510. The first-order chi connectivity index (χ1) is 8.51. The molecule has 0 saturated carbocycles. The number of amides is 1. The number of benzene rings is 1. The standard InChI is InChI=1S/C13H15NO4/c1-7-3-9(18-2)6-10-8(5-12(16)17)4-11(15)14-13(7)10/h3,6,8H,4-5H2,1-2H3,(H,14,15)(H,16,17). The number of nitrogens with one attached hydrogen (secondary N) is 1. The number of methoxy groups -OCH3 is 1. The molecule has 0 fully saturated rings. The van der Waals surface area contributed by atoms with Crippen molar-refractivity contribution in [2.75, 3.05) is 12.4 Å². The van der Waals surface area contributed by atoms with Crippen LogP contribution in [0.5, 0.6) is 5.75 Å². The number of carbonyl (C=O) groups excluding carboxylic acids is 1. The lowest BCUT2D eigenvalue weighted by Gasteiger charge is -2.26. The number of fused-ring (bicyclic) bond motifs is 1. The van der Waals surface area contributed by atoms with Crippen LogP contribution < -0.4 is 10.1 Å². The third kappa shape index (κ3) is 2.30. The largest absolute Gasteiger partial charge is 0.497 e. The van der Waals surface area contributed by atoms with Crippen LogP contribution in [0.15, 0.2) is 12.1 Å². The van der Waals surface area contributed by atoms with Crippen LogP contribution in [0.25, 0.3) is 0 Å². The van der Waals surface area contributed by atoms with E-state index in [2.05, 4.69) is 5.32 Å². The summed E-state index contributed by atoms with van der Waals surface area (Å²) in [5, 5.41) is 11.7. The third-order valence-corrected chi connectivity index (χ3v) is 3.13. The Labute approximate surface area is 105 Å². The summed E-state index contributed by atoms with van der Waals surface area (Å²) >= 11 is 0. The van der Waals surface area contributed by atoms with Gasteiger partial charge in [-0.05, 0) is 30.2 Å². The number of aryl methyl sites for hydroxylation is 1. The number of hydrogen-bond acceptors (Lipinski definition) is 3. The van der Waals surface area contributed by atoms with Crippen molar-refractivity contribution in [2.24, 2.45) is 0 Å². The molecule has 5 heteroatoms. The number of carbonyl (C=O) groups is 2. The fourth-order valence-corrected chi connectivity index (χ4v) is 2.31. The first-order valence-corrected chi connectivity index (χ1v) is 5.71. The molecular formula is C13H15NO4. The smallest absolute Gasteiger partial charge is 0.303 e. The minimum absolute atomic E-state index is 0.0486. The molecule has 0 spiro atoms. The molecule has 0 bridgehead atoms. The van der Waals surface area contributed by atoms with Gasteiger partial charge in [-0.25, -0.2) is 0 Å². The van der Waals surface area contributed by atoms with Gasteiger partial charge in [0.1, 0.15) is 5.75 Å². The Morgan fingerprint density at radius 2 is 2.28 bits per heavy atom. The summed E-state index contributed by atoms with van der Waals surface area (Å²) in [5.41, 5.74) is 2.44. The number of hydrogen-bond donors (Lipinski definition) is 2. The zero-order valence-corrected chi connectivity index (χ0v) is 10.3. The summed E-state index contributed by atoms with van der Waals surface area (Å²) < 4.78 is 5.18. The number of ether oxygens (including phenoxy) is 1. The number of aliphatic carboxylic acids is 1. The van der Waals surface area contributed by atoms with Gasteiger partial charge in [0.05, 0.1) is 13.5 Å². The van der Waals surface area contributed by atoms with E-state index in [-0.39, 0.29) is 24.7 Å². The van der Waals surface area contributed by atoms with Crippen molar-refractivity contribution in [1.29, 1.82) is 0 Å². The zero-order valence-electron chi connectivity index (χ0n) is 10.3. The van der Waals surface area contributed by atoms with Crippen molar-refractivity contribution in [1.82, 2.24) is 0 Å². The fourth-order valence-electron chi connectivity index (χ4n) is 2.31. The molecule has 0 aliphatic carbocycles. The molecular weight excluding hydrogens is 234 g/mol. The Balaban J connectivity index is 2.48. The Morgan fingerprint density at radius 1 is 1.56 bits per heavy atom. The summed E-state index contributed by atoms with van der Waals surface area (Å²) in [6.07, 6.45) is 0.152. The highest BCUT2D eigenvalue weighted by molar-refractivity contribution is 5.96. The van der Waals surface area contributed by atoms with Gasteiger partial charge >= 0.3 is 5.97 Å². The summed E-state index contributed by atoms with van der Waals surface area (Å²) in [6.45, 7) is 1.87. The van der Waals surface area contributed by atoms with E-state index < -0.39 is 5.97 Å². The van der Waals surface area contributed by atoms with E-state index in [1.54, 1.807) is 13.2 Å². The highest BCUT2D eigenvalue weighted by Gasteiger charge is 2.28. The Morgan fingerprint density at radius 3 is 2.89 bits per heavy atom. The van der Waals surface area contributed by atoms with Crippen LogP contribution in [0.2, 0.25) is 0 Å². The normalized spacial score (nSPS) is 17.9. The van der Waals surface area contributed by atoms with E-state index >= 15 is 0 Å². The molecule has 1 aromatic rings. The quantitative estimate of drug-likeness (QED) is 0.857. The molecule has 1 unspecified atom stereocenters. The summed E-state index contributed by atoms with van der Waals surface area (Å²) in [7, 11) is 1.56. The van der Waals surface area contributed by atoms with Gasteiger partial charge in [-0.3, -0.25) is 9.59 Å². The maximum absolute atomic E-state index is 11.6. The van der Waals surface area contributed by atoms with Crippen LogP contribution in [0.4, 0.5) is 5.69 Å². The molecule has 1 amide bonds. The molecule has 1 aliphatic rings. The predicted octanol–water partition coefficient (Wildman–Crippen LogP) is 1.90. The highest BCUT2D eigenvalue weighted by atomic mass is 16.5. The average molecular weight is 249 g/mol. The second kappa shape index (κ2) is 4.68. The summed E-state index contributed by atoms with van der Waals surface area (Å²) in [5.74, 6) is -0.652. The summed E-state index contributed by atoms with van der Waals surface area (Å²) in [6, 6.07) is 3.62. The van der Waals surface area contributed by atoms with Gasteiger partial charge in [0.2, 0.25) is 5.91 Å². The maximum atomic E-state index is 11.6. The molecule has 1 aromatic carbocycles. The molecule has 1 heterocycles. The number of carboxylic acids is 1. The first-order valence-electron chi connectivity index (χ1n) is 5.71. The van der Waals surface area contributed by atoms with E-state index in [1.165, 1.54) is 0 Å². The monoisotopic (exact) mass is 249 g/mol. The van der Waals surface area contributed by atoms with Gasteiger partial charge in [0, 0.05) is 18.0 Å². The fraction of sp³-hybridized carbons (Fsp3) is 0.385. The van der Waals surface area contributed by atoms with Gasteiger partial charge < -0.3 is 15.2 Å². The van der Waals surface area contributed by atoms with E-state index in [0.717, 1.165) is 16.8 Å². The van der Waals surface area contributed by atoms with E-state index in [4.69, 9.17) is 9.84 Å². The molecule has 0 saturated heterocycles. The van der Waals surface area contributed by atoms with Gasteiger partial charge in [-0.1, -0.05) is 0 Å². The van der Waals surface area contributed by atoms with Crippen molar-refractivity contribution in [3.63, 3.8) is 0 Å². The highest BCUT2D eigenvalue weighted by Crippen LogP contribution is 2.39. The van der Waals surface area contributed by atoms with Crippen LogP contribution in [-0.2, 0) is 9.59 Å². The van der Waals surface area contributed by atoms with Gasteiger partial charge in [-0.2, -0.15) is 0 Å². The molecule has 1 aliphatic heterocycles. The van der Waals surface area contributed by atoms with Gasteiger partial charge in [-0.15, -0.1) is 0 Å². The maximum Gasteiger partial charge on any atom is 0.303 e. The molecule has 5 nitrogen and oxygen atoms in total. The molecule has 2 rings (SSSR count). The van der Waals surface area contributed by atoms with Crippen molar-refractivity contribution in [3.8, 4) is 5.75 Å². The minimum Gasteiger partial charge on any atom is -0.497 e. The first kappa shape index (κ1) is 12.4. The van der Waals surface area contributed by atoms with E-state index in [0.29, 0.717) is 5.75 Å². The average Bonchev–Trinajstić information content (AvgIpc) is 2.29. The van der Waals surface area contributed by atoms with Crippen molar-refractivity contribution >= 4 is 17.6 Å². The van der Waals surface area contributed by atoms with Crippen molar-refractivity contribution < 1.29 is 19.4 Å². The van der Waals surface area contributed by atoms with E-state index in [9.17, 15) is 9.59 Å². The van der Waals surface area contributed by atoms with Crippen LogP contribution in [0.1, 0.15) is 29.9 Å². The van der Waals surface area contributed by atoms with Crippen molar-refractivity contribution in [3.05, 3.63) is 23.3 Å². The minimum atomic E-state index is -0.902. The SMILES string of the molecule is COc1cc(C)c2c(c1)C(CC(=O)O)CC(=O)N2. The Hall–Kier alpha value is -2.04. The second-order valence-electron chi connectivity index (χ2n) is 4.46. The lowest BCUT2D eigenvalue weighted by molar-refractivity contribution is -0.137. The second-order valence-corrected chi connectivity index (χ2v) is 4.46. The topological polar surface area (TPSA) is 75.6 Å². The molecule has 0 radical (unpaired) electrons. The van der Waals surface area contributed by atoms with Crippen LogP contribution in [0.3, 0.4) is 0 Å². The summed E-state index contributed by atoms with van der Waals surface area (Å²) in [4.78, 5) is 22.4. The van der Waals surface area contributed by atoms with E-state index in [1.807, 2.05) is 13.0 Å².